The fourth-order valence-electron chi connectivity index (χ4n) is 4.16. The van der Waals surface area contributed by atoms with Crippen LogP contribution < -0.4 is 11.2 Å². The molecule has 1 saturated heterocycles. The minimum atomic E-state index is -0.344. The minimum absolute atomic E-state index is 0.298. The van der Waals surface area contributed by atoms with Gasteiger partial charge in [0.2, 0.25) is 5.95 Å². The van der Waals surface area contributed by atoms with Crippen molar-refractivity contribution in [2.45, 2.75) is 46.7 Å². The van der Waals surface area contributed by atoms with Crippen molar-refractivity contribution in [2.75, 3.05) is 32.8 Å². The number of aromatic nitrogens is 6. The predicted molar refractivity (Wildman–Crippen MR) is 118 cm³/mol. The SMILES string of the molecule is CCc1cc(CC)n(-c2nc3c(c(=O)n(CCN4CCOCC4)c(=O)n3C)n2CC)n1. The molecule has 3 aromatic heterocycles. The van der Waals surface area contributed by atoms with Gasteiger partial charge in [-0.1, -0.05) is 13.8 Å². The zero-order valence-electron chi connectivity index (χ0n) is 18.8. The Morgan fingerprint density at radius 3 is 2.42 bits per heavy atom. The summed E-state index contributed by atoms with van der Waals surface area (Å²) in [5, 5.41) is 4.69. The molecule has 0 N–H and O–H groups in total. The highest BCUT2D eigenvalue weighted by atomic mass is 16.5. The molecule has 0 radical (unpaired) electrons. The van der Waals surface area contributed by atoms with Crippen LogP contribution in [0.2, 0.25) is 0 Å². The molecule has 4 rings (SSSR count). The van der Waals surface area contributed by atoms with Gasteiger partial charge in [0.25, 0.3) is 5.56 Å². The van der Waals surface area contributed by atoms with Gasteiger partial charge in [-0.2, -0.15) is 10.1 Å². The van der Waals surface area contributed by atoms with Gasteiger partial charge in [-0.15, -0.1) is 0 Å². The van der Waals surface area contributed by atoms with E-state index in [1.165, 1.54) is 9.13 Å². The summed E-state index contributed by atoms with van der Waals surface area (Å²) < 4.78 is 11.9. The first-order valence-corrected chi connectivity index (χ1v) is 11.1. The van der Waals surface area contributed by atoms with Crippen LogP contribution in [0.25, 0.3) is 17.1 Å². The van der Waals surface area contributed by atoms with E-state index in [4.69, 9.17) is 14.8 Å². The maximum atomic E-state index is 13.4. The third kappa shape index (κ3) is 3.74. The summed E-state index contributed by atoms with van der Waals surface area (Å²) in [6.45, 7) is 10.6. The van der Waals surface area contributed by atoms with Crippen LogP contribution in [0, 0.1) is 0 Å². The molecule has 31 heavy (non-hydrogen) atoms. The quantitative estimate of drug-likeness (QED) is 0.545. The van der Waals surface area contributed by atoms with Gasteiger partial charge in [0.15, 0.2) is 11.2 Å². The van der Waals surface area contributed by atoms with E-state index in [9.17, 15) is 9.59 Å². The Labute approximate surface area is 180 Å². The molecule has 0 bridgehead atoms. The van der Waals surface area contributed by atoms with E-state index in [1.807, 2.05) is 16.2 Å². The number of morpholine rings is 1. The van der Waals surface area contributed by atoms with Crippen molar-refractivity contribution >= 4 is 11.2 Å². The van der Waals surface area contributed by atoms with Crippen LogP contribution in [0.5, 0.6) is 0 Å². The van der Waals surface area contributed by atoms with E-state index in [0.29, 0.717) is 50.0 Å². The minimum Gasteiger partial charge on any atom is -0.379 e. The first kappa shape index (κ1) is 21.5. The number of aryl methyl sites for hydroxylation is 4. The predicted octanol–water partition coefficient (Wildman–Crippen LogP) is 0.559. The number of hydrogen-bond donors (Lipinski definition) is 0. The second-order valence-electron chi connectivity index (χ2n) is 7.83. The fraction of sp³-hybridized carbons (Fsp3) is 0.619. The average molecular weight is 430 g/mol. The molecule has 0 saturated carbocycles. The summed E-state index contributed by atoms with van der Waals surface area (Å²) in [5.74, 6) is 0.576. The summed E-state index contributed by atoms with van der Waals surface area (Å²) >= 11 is 0. The van der Waals surface area contributed by atoms with Crippen LogP contribution in [-0.2, 0) is 37.7 Å². The Kier molecular flexibility index (Phi) is 6.10. The van der Waals surface area contributed by atoms with Gasteiger partial charge in [0.05, 0.1) is 18.9 Å². The summed E-state index contributed by atoms with van der Waals surface area (Å²) in [5.41, 5.74) is 2.20. The maximum absolute atomic E-state index is 13.4. The number of ether oxygens (including phenoxy) is 1. The van der Waals surface area contributed by atoms with Crippen molar-refractivity contribution < 1.29 is 4.74 Å². The summed E-state index contributed by atoms with van der Waals surface area (Å²) in [6, 6.07) is 2.07. The average Bonchev–Trinajstić information content (AvgIpc) is 3.39. The van der Waals surface area contributed by atoms with E-state index in [0.717, 1.165) is 37.3 Å². The van der Waals surface area contributed by atoms with Crippen molar-refractivity contribution in [2.24, 2.45) is 7.05 Å². The summed E-state index contributed by atoms with van der Waals surface area (Å²) in [4.78, 5) is 33.4. The molecular weight excluding hydrogens is 398 g/mol. The van der Waals surface area contributed by atoms with Crippen molar-refractivity contribution in [3.05, 3.63) is 38.3 Å². The number of rotatable bonds is 7. The molecule has 0 spiro atoms. The molecule has 0 atom stereocenters. The molecule has 3 aromatic rings. The lowest BCUT2D eigenvalue weighted by molar-refractivity contribution is 0.0361. The molecule has 0 aliphatic carbocycles. The van der Waals surface area contributed by atoms with Crippen molar-refractivity contribution in [1.29, 1.82) is 0 Å². The van der Waals surface area contributed by atoms with Gasteiger partial charge in [-0.25, -0.2) is 9.48 Å². The molecule has 10 nitrogen and oxygen atoms in total. The Morgan fingerprint density at radius 2 is 1.77 bits per heavy atom. The molecule has 1 aliphatic heterocycles. The van der Waals surface area contributed by atoms with E-state index >= 15 is 0 Å². The van der Waals surface area contributed by atoms with Crippen LogP contribution in [0.1, 0.15) is 32.2 Å². The number of nitrogens with zero attached hydrogens (tertiary/aromatic N) is 7. The highest BCUT2D eigenvalue weighted by Crippen LogP contribution is 2.18. The standard InChI is InChI=1S/C21H31N7O3/c1-5-15-14-16(6-2)28(23-15)20-22-18-17(26(20)7-3)19(29)27(21(30)24(18)4)9-8-25-10-12-31-13-11-25/h14H,5-13H2,1-4H3. The molecule has 10 heteroatoms. The van der Waals surface area contributed by atoms with E-state index in [2.05, 4.69) is 24.8 Å². The van der Waals surface area contributed by atoms with Gasteiger partial charge >= 0.3 is 5.69 Å². The Balaban J connectivity index is 1.84. The maximum Gasteiger partial charge on any atom is 0.332 e. The van der Waals surface area contributed by atoms with Crippen molar-refractivity contribution in [1.82, 2.24) is 33.4 Å². The van der Waals surface area contributed by atoms with Gasteiger partial charge in [0.1, 0.15) is 0 Å². The molecule has 0 aromatic carbocycles. The number of imidazole rings is 1. The van der Waals surface area contributed by atoms with Gasteiger partial charge in [-0.3, -0.25) is 18.8 Å². The first-order chi connectivity index (χ1) is 15.0. The van der Waals surface area contributed by atoms with E-state index < -0.39 is 0 Å². The third-order valence-electron chi connectivity index (χ3n) is 6.02. The van der Waals surface area contributed by atoms with Crippen LogP contribution in [-0.4, -0.2) is 66.2 Å². The van der Waals surface area contributed by atoms with E-state index in [1.54, 1.807) is 7.05 Å². The van der Waals surface area contributed by atoms with Gasteiger partial charge in [-0.05, 0) is 25.8 Å². The zero-order chi connectivity index (χ0) is 22.1. The lowest BCUT2D eigenvalue weighted by atomic mass is 10.3. The number of hydrogen-bond acceptors (Lipinski definition) is 6. The van der Waals surface area contributed by atoms with Crippen LogP contribution in [0.3, 0.4) is 0 Å². The highest BCUT2D eigenvalue weighted by Gasteiger charge is 2.23. The summed E-state index contributed by atoms with van der Waals surface area (Å²) in [7, 11) is 1.67. The van der Waals surface area contributed by atoms with Crippen molar-refractivity contribution in [3.63, 3.8) is 0 Å². The van der Waals surface area contributed by atoms with Crippen LogP contribution in [0.4, 0.5) is 0 Å². The molecule has 168 valence electrons. The molecule has 0 unspecified atom stereocenters. The molecule has 4 heterocycles. The van der Waals surface area contributed by atoms with Crippen LogP contribution in [0.15, 0.2) is 15.7 Å². The Hall–Kier alpha value is -2.72. The third-order valence-corrected chi connectivity index (χ3v) is 6.02. The van der Waals surface area contributed by atoms with Crippen LogP contribution >= 0.6 is 0 Å². The zero-order valence-corrected chi connectivity index (χ0v) is 18.8. The van der Waals surface area contributed by atoms with Gasteiger partial charge in [0, 0.05) is 45.5 Å². The molecule has 1 aliphatic rings. The van der Waals surface area contributed by atoms with E-state index in [-0.39, 0.29) is 11.2 Å². The lowest BCUT2D eigenvalue weighted by Crippen LogP contribution is -2.44. The Bertz CT molecular complexity index is 1190. The second-order valence-corrected chi connectivity index (χ2v) is 7.83. The molecule has 1 fully saturated rings. The number of fused-ring (bicyclic) bond motifs is 1. The normalized spacial score (nSPS) is 15.2. The molecule has 0 amide bonds. The summed E-state index contributed by atoms with van der Waals surface area (Å²) in [6.07, 6.45) is 1.61. The monoisotopic (exact) mass is 429 g/mol. The highest BCUT2D eigenvalue weighted by molar-refractivity contribution is 5.72. The van der Waals surface area contributed by atoms with Gasteiger partial charge < -0.3 is 9.30 Å². The lowest BCUT2D eigenvalue weighted by Gasteiger charge is -2.26. The second kappa shape index (κ2) is 8.80. The fourth-order valence-corrected chi connectivity index (χ4v) is 4.16. The topological polar surface area (TPSA) is 92.1 Å². The smallest absolute Gasteiger partial charge is 0.332 e. The Morgan fingerprint density at radius 1 is 1.03 bits per heavy atom. The largest absolute Gasteiger partial charge is 0.379 e. The van der Waals surface area contributed by atoms with Crippen molar-refractivity contribution in [3.8, 4) is 5.95 Å². The first-order valence-electron chi connectivity index (χ1n) is 11.1. The molecular formula is C21H31N7O3.